The molecule has 1 heterocycles. The molecule has 0 bridgehead atoms. The molecule has 1 aromatic heterocycles. The van der Waals surface area contributed by atoms with Crippen molar-refractivity contribution in [2.24, 2.45) is 0 Å². The number of nitrogens with zero attached hydrogens (tertiary/aromatic N) is 1. The first-order chi connectivity index (χ1) is 5.29. The van der Waals surface area contributed by atoms with Gasteiger partial charge in [-0.25, -0.2) is 0 Å². The zero-order chi connectivity index (χ0) is 7.84. The topological polar surface area (TPSA) is 26.9 Å². The van der Waals surface area contributed by atoms with Gasteiger partial charge in [0.15, 0.2) is 6.20 Å². The summed E-state index contributed by atoms with van der Waals surface area (Å²) < 4.78 is 0.947. The molecule has 0 amide bonds. The van der Waals surface area contributed by atoms with Crippen molar-refractivity contribution in [3.8, 4) is 0 Å². The molecule has 0 N–H and O–H groups in total. The Kier molecular flexibility index (Phi) is 1.22. The van der Waals surface area contributed by atoms with Crippen LogP contribution in [0.4, 0.5) is 0 Å². The van der Waals surface area contributed by atoms with Crippen LogP contribution in [0.5, 0.6) is 0 Å². The predicted molar refractivity (Wildman–Crippen MR) is 42.8 cm³/mol. The fraction of sp³-hybridized carbons (Fsp3) is 0.222. The van der Waals surface area contributed by atoms with Crippen molar-refractivity contribution < 1.29 is 4.73 Å². The van der Waals surface area contributed by atoms with Gasteiger partial charge in [-0.2, -0.15) is 4.73 Å². The summed E-state index contributed by atoms with van der Waals surface area (Å²) in [4.78, 5) is 0. The smallest absolute Gasteiger partial charge is 0.204 e. The van der Waals surface area contributed by atoms with E-state index in [0.717, 1.165) is 22.4 Å². The van der Waals surface area contributed by atoms with Crippen LogP contribution in [0.25, 0.3) is 5.57 Å². The molecule has 0 saturated heterocycles. The third-order valence-electron chi connectivity index (χ3n) is 2.09. The van der Waals surface area contributed by atoms with E-state index in [9.17, 15) is 5.21 Å². The van der Waals surface area contributed by atoms with Crippen molar-refractivity contribution in [3.63, 3.8) is 0 Å². The lowest BCUT2D eigenvalue weighted by atomic mass is 10.1. The minimum absolute atomic E-state index is 0.783. The first kappa shape index (κ1) is 6.40. The molecule has 0 aromatic carbocycles. The Bertz CT molecular complexity index is 328. The Labute approximate surface area is 65.4 Å². The Morgan fingerprint density at radius 3 is 3.09 bits per heavy atom. The molecular formula is C9H9NO. The first-order valence-electron chi connectivity index (χ1n) is 3.67. The molecule has 0 saturated carbocycles. The Hall–Kier alpha value is -1.31. The maximum Gasteiger partial charge on any atom is 0.204 e. The van der Waals surface area contributed by atoms with Gasteiger partial charge in [0.25, 0.3) is 0 Å². The minimum Gasteiger partial charge on any atom is -0.618 e. The Morgan fingerprint density at radius 1 is 1.55 bits per heavy atom. The van der Waals surface area contributed by atoms with Gasteiger partial charge in [-0.15, -0.1) is 0 Å². The molecule has 2 rings (SSSR count). The zero-order valence-corrected chi connectivity index (χ0v) is 6.37. The summed E-state index contributed by atoms with van der Waals surface area (Å²) in [7, 11) is 0. The van der Waals surface area contributed by atoms with Crippen molar-refractivity contribution in [2.75, 3.05) is 0 Å². The highest BCUT2D eigenvalue weighted by Crippen LogP contribution is 2.22. The summed E-state index contributed by atoms with van der Waals surface area (Å²) in [5, 5.41) is 11.1. The van der Waals surface area contributed by atoms with Crippen LogP contribution >= 0.6 is 0 Å². The second-order valence-corrected chi connectivity index (χ2v) is 2.79. The number of hydrogen-bond donors (Lipinski definition) is 0. The second-order valence-electron chi connectivity index (χ2n) is 2.79. The molecule has 2 heteroatoms. The lowest BCUT2D eigenvalue weighted by Gasteiger charge is -2.01. The van der Waals surface area contributed by atoms with E-state index in [1.54, 1.807) is 12.3 Å². The van der Waals surface area contributed by atoms with Gasteiger partial charge < -0.3 is 5.21 Å². The summed E-state index contributed by atoms with van der Waals surface area (Å²) >= 11 is 0. The Balaban J connectivity index is 2.64. The van der Waals surface area contributed by atoms with Crippen LogP contribution in [0.3, 0.4) is 0 Å². The summed E-state index contributed by atoms with van der Waals surface area (Å²) in [5.74, 6) is 0. The molecule has 2 nitrogen and oxygen atoms in total. The van der Waals surface area contributed by atoms with E-state index < -0.39 is 0 Å². The molecule has 56 valence electrons. The van der Waals surface area contributed by atoms with Gasteiger partial charge in [0.1, 0.15) is 0 Å². The fourth-order valence-electron chi connectivity index (χ4n) is 1.44. The highest BCUT2D eigenvalue weighted by molar-refractivity contribution is 5.68. The highest BCUT2D eigenvalue weighted by Gasteiger charge is 2.17. The highest BCUT2D eigenvalue weighted by atomic mass is 16.5. The van der Waals surface area contributed by atoms with Gasteiger partial charge in [0.2, 0.25) is 5.69 Å². The maximum atomic E-state index is 11.1. The van der Waals surface area contributed by atoms with E-state index in [4.69, 9.17) is 0 Å². The van der Waals surface area contributed by atoms with Gasteiger partial charge in [-0.05, 0) is 18.6 Å². The number of allylic oxidation sites excluding steroid dienone is 2. The summed E-state index contributed by atoms with van der Waals surface area (Å²) in [5.41, 5.74) is 3.19. The number of aromatic nitrogens is 1. The van der Waals surface area contributed by atoms with Crippen molar-refractivity contribution in [1.82, 2.24) is 0 Å². The summed E-state index contributed by atoms with van der Waals surface area (Å²) in [6.07, 6.45) is 4.41. The van der Waals surface area contributed by atoms with Crippen molar-refractivity contribution >= 4 is 5.57 Å². The summed E-state index contributed by atoms with van der Waals surface area (Å²) in [6, 6.07) is 3.77. The molecule has 0 atom stereocenters. The second kappa shape index (κ2) is 2.09. The van der Waals surface area contributed by atoms with Crippen molar-refractivity contribution in [2.45, 2.75) is 13.3 Å². The number of fused-ring (bicyclic) bond motifs is 1. The molecule has 1 aliphatic carbocycles. The molecule has 0 fully saturated rings. The maximum absolute atomic E-state index is 11.1. The lowest BCUT2D eigenvalue weighted by molar-refractivity contribution is -0.613. The van der Waals surface area contributed by atoms with E-state index in [0.29, 0.717) is 0 Å². The molecule has 0 radical (unpaired) electrons. The molecule has 11 heavy (non-hydrogen) atoms. The van der Waals surface area contributed by atoms with Crippen LogP contribution in [0.2, 0.25) is 0 Å². The number of pyridine rings is 1. The van der Waals surface area contributed by atoms with E-state index in [1.807, 2.05) is 13.0 Å². The molecule has 1 aromatic rings. The number of hydrogen-bond acceptors (Lipinski definition) is 1. The minimum atomic E-state index is 0.783. The van der Waals surface area contributed by atoms with E-state index in [2.05, 4.69) is 6.08 Å². The van der Waals surface area contributed by atoms with E-state index in [-0.39, 0.29) is 0 Å². The van der Waals surface area contributed by atoms with Gasteiger partial charge >= 0.3 is 0 Å². The van der Waals surface area contributed by atoms with E-state index >= 15 is 0 Å². The average Bonchev–Trinajstić information content (AvgIpc) is 2.35. The van der Waals surface area contributed by atoms with Crippen LogP contribution < -0.4 is 4.73 Å². The van der Waals surface area contributed by atoms with Crippen LogP contribution in [-0.2, 0) is 6.42 Å². The molecule has 0 spiro atoms. The Morgan fingerprint density at radius 2 is 2.36 bits per heavy atom. The van der Waals surface area contributed by atoms with Crippen LogP contribution in [0.1, 0.15) is 18.2 Å². The zero-order valence-electron chi connectivity index (χ0n) is 6.37. The van der Waals surface area contributed by atoms with Gasteiger partial charge in [0, 0.05) is 11.6 Å². The van der Waals surface area contributed by atoms with Crippen LogP contribution in [0.15, 0.2) is 24.4 Å². The standard InChI is InChI=1S/C9H9NO/c1-7-4-5-9-8(7)3-2-6-10(9)11/h2-4,6H,5H2,1H3. The van der Waals surface area contributed by atoms with Crippen molar-refractivity contribution in [1.29, 1.82) is 0 Å². The third-order valence-corrected chi connectivity index (χ3v) is 2.09. The molecule has 1 aliphatic rings. The molecule has 0 unspecified atom stereocenters. The predicted octanol–water partition coefficient (Wildman–Crippen LogP) is 1.28. The molecule has 0 aliphatic heterocycles. The third kappa shape index (κ3) is 0.827. The summed E-state index contributed by atoms with van der Waals surface area (Å²) in [6.45, 7) is 2.03. The van der Waals surface area contributed by atoms with Gasteiger partial charge in [-0.3, -0.25) is 0 Å². The monoisotopic (exact) mass is 147 g/mol. The average molecular weight is 147 g/mol. The SMILES string of the molecule is CC1=CCc2c1ccc[n+]2[O-]. The molecular weight excluding hydrogens is 138 g/mol. The van der Waals surface area contributed by atoms with Gasteiger partial charge in [-0.1, -0.05) is 6.08 Å². The first-order valence-corrected chi connectivity index (χ1v) is 3.67. The van der Waals surface area contributed by atoms with Crippen LogP contribution in [0, 0.1) is 5.21 Å². The normalized spacial score (nSPS) is 14.5. The largest absolute Gasteiger partial charge is 0.618 e. The lowest BCUT2D eigenvalue weighted by Crippen LogP contribution is -2.30. The van der Waals surface area contributed by atoms with Crippen molar-refractivity contribution in [3.05, 3.63) is 40.9 Å². The quantitative estimate of drug-likeness (QED) is 0.401. The van der Waals surface area contributed by atoms with E-state index in [1.165, 1.54) is 5.57 Å². The van der Waals surface area contributed by atoms with Gasteiger partial charge in [0.05, 0.1) is 6.42 Å². The fourth-order valence-corrected chi connectivity index (χ4v) is 1.44. The number of rotatable bonds is 0. The van der Waals surface area contributed by atoms with Crippen LogP contribution in [-0.4, -0.2) is 0 Å².